The number of hydrogen-bond acceptors (Lipinski definition) is 4. The van der Waals surface area contributed by atoms with Gasteiger partial charge in [-0.2, -0.15) is 0 Å². The molecular formula is C19H28N2O3. The van der Waals surface area contributed by atoms with Crippen molar-refractivity contribution in [3.63, 3.8) is 0 Å². The molecule has 0 radical (unpaired) electrons. The summed E-state index contributed by atoms with van der Waals surface area (Å²) in [5.41, 5.74) is 2.39. The summed E-state index contributed by atoms with van der Waals surface area (Å²) < 4.78 is 10.4. The number of allylic oxidation sites excluding steroid dienone is 1. The fourth-order valence-electron chi connectivity index (χ4n) is 2.65. The third-order valence-corrected chi connectivity index (χ3v) is 4.02. The molecule has 2 rings (SSSR count). The van der Waals surface area contributed by atoms with E-state index in [1.54, 1.807) is 7.11 Å². The summed E-state index contributed by atoms with van der Waals surface area (Å²) in [4.78, 5) is 11.9. The van der Waals surface area contributed by atoms with E-state index in [1.165, 1.54) is 31.3 Å². The minimum Gasteiger partial charge on any atom is -0.491 e. The van der Waals surface area contributed by atoms with E-state index in [1.807, 2.05) is 24.3 Å². The highest BCUT2D eigenvalue weighted by atomic mass is 16.5. The second-order valence-electron chi connectivity index (χ2n) is 5.93. The zero-order chi connectivity index (χ0) is 17.0. The van der Waals surface area contributed by atoms with Crippen molar-refractivity contribution in [3.8, 4) is 5.75 Å². The van der Waals surface area contributed by atoms with E-state index in [4.69, 9.17) is 9.47 Å². The van der Waals surface area contributed by atoms with Crippen LogP contribution in [-0.4, -0.2) is 39.3 Å². The second-order valence-corrected chi connectivity index (χ2v) is 5.93. The van der Waals surface area contributed by atoms with Gasteiger partial charge in [0.25, 0.3) is 0 Å². The molecule has 0 heterocycles. The minimum absolute atomic E-state index is 0.0202. The van der Waals surface area contributed by atoms with Gasteiger partial charge in [0.05, 0.1) is 13.2 Å². The largest absolute Gasteiger partial charge is 0.491 e. The first-order chi connectivity index (χ1) is 11.8. The van der Waals surface area contributed by atoms with Gasteiger partial charge >= 0.3 is 0 Å². The Hall–Kier alpha value is -2.01. The molecule has 0 saturated carbocycles. The first kappa shape index (κ1) is 18.3. The Morgan fingerprint density at radius 3 is 2.71 bits per heavy atom. The summed E-state index contributed by atoms with van der Waals surface area (Å²) in [6.07, 6.45) is 8.26. The highest BCUT2D eigenvalue weighted by Gasteiger charge is 2.05. The number of carbonyl (C=O) groups excluding carboxylic acids is 1. The van der Waals surface area contributed by atoms with E-state index in [9.17, 15) is 4.79 Å². The first-order valence-electron chi connectivity index (χ1n) is 8.68. The van der Waals surface area contributed by atoms with Gasteiger partial charge in [0.15, 0.2) is 0 Å². The van der Waals surface area contributed by atoms with Crippen molar-refractivity contribution in [2.75, 3.05) is 38.7 Å². The van der Waals surface area contributed by atoms with Gasteiger partial charge in [0, 0.05) is 19.3 Å². The summed E-state index contributed by atoms with van der Waals surface area (Å²) in [6.45, 7) is 2.10. The predicted molar refractivity (Wildman–Crippen MR) is 96.5 cm³/mol. The van der Waals surface area contributed by atoms with Gasteiger partial charge in [-0.25, -0.2) is 0 Å². The van der Waals surface area contributed by atoms with Crippen LogP contribution in [0.2, 0.25) is 0 Å². The van der Waals surface area contributed by atoms with Crippen LogP contribution in [0.5, 0.6) is 5.75 Å². The van der Waals surface area contributed by atoms with Crippen molar-refractivity contribution in [2.24, 2.45) is 0 Å². The molecule has 1 aliphatic carbocycles. The number of anilines is 1. The van der Waals surface area contributed by atoms with Crippen LogP contribution in [0.25, 0.3) is 0 Å². The third-order valence-electron chi connectivity index (χ3n) is 4.02. The predicted octanol–water partition coefficient (Wildman–Crippen LogP) is 3.13. The van der Waals surface area contributed by atoms with E-state index in [0.29, 0.717) is 13.2 Å². The van der Waals surface area contributed by atoms with Crippen molar-refractivity contribution in [3.05, 3.63) is 35.9 Å². The second kappa shape index (κ2) is 10.7. The summed E-state index contributed by atoms with van der Waals surface area (Å²) in [5, 5.41) is 6.09. The molecule has 1 amide bonds. The molecule has 0 spiro atoms. The molecule has 5 nitrogen and oxygen atoms in total. The van der Waals surface area contributed by atoms with Crippen molar-refractivity contribution in [1.29, 1.82) is 0 Å². The monoisotopic (exact) mass is 332 g/mol. The van der Waals surface area contributed by atoms with Gasteiger partial charge in [-0.05, 0) is 56.4 Å². The maximum atomic E-state index is 11.9. The lowest BCUT2D eigenvalue weighted by Crippen LogP contribution is -2.30. The van der Waals surface area contributed by atoms with Crippen LogP contribution in [0, 0.1) is 0 Å². The molecule has 0 atom stereocenters. The van der Waals surface area contributed by atoms with E-state index in [2.05, 4.69) is 16.7 Å². The SMILES string of the molecule is COCCOc1ccc(NCC(=O)NCCC2=CCCCC2)cc1. The Labute approximate surface area is 144 Å². The van der Waals surface area contributed by atoms with E-state index in [0.717, 1.165) is 24.4 Å². The summed E-state index contributed by atoms with van der Waals surface area (Å²) in [5.74, 6) is 0.814. The van der Waals surface area contributed by atoms with E-state index < -0.39 is 0 Å². The number of rotatable bonds is 10. The molecule has 0 saturated heterocycles. The standard InChI is InChI=1S/C19H28N2O3/c1-23-13-14-24-18-9-7-17(8-10-18)21-15-19(22)20-12-11-16-5-3-2-4-6-16/h5,7-10,21H,2-4,6,11-15H2,1H3,(H,20,22). The lowest BCUT2D eigenvalue weighted by molar-refractivity contribution is -0.119. The summed E-state index contributed by atoms with van der Waals surface area (Å²) >= 11 is 0. The fraction of sp³-hybridized carbons (Fsp3) is 0.526. The van der Waals surface area contributed by atoms with Crippen LogP contribution >= 0.6 is 0 Å². The molecule has 1 aromatic rings. The topological polar surface area (TPSA) is 59.6 Å². The zero-order valence-electron chi connectivity index (χ0n) is 14.5. The van der Waals surface area contributed by atoms with Gasteiger partial charge in [-0.15, -0.1) is 0 Å². The Bertz CT molecular complexity index is 526. The van der Waals surface area contributed by atoms with Gasteiger partial charge < -0.3 is 20.1 Å². The van der Waals surface area contributed by atoms with Gasteiger partial charge in [0.1, 0.15) is 12.4 Å². The normalized spacial score (nSPS) is 14.0. The number of nitrogens with one attached hydrogen (secondary N) is 2. The first-order valence-corrected chi connectivity index (χ1v) is 8.68. The summed E-state index contributed by atoms with van der Waals surface area (Å²) in [7, 11) is 1.65. The smallest absolute Gasteiger partial charge is 0.239 e. The molecule has 24 heavy (non-hydrogen) atoms. The Morgan fingerprint density at radius 2 is 2.00 bits per heavy atom. The molecule has 0 fully saturated rings. The Morgan fingerprint density at radius 1 is 1.17 bits per heavy atom. The number of carbonyl (C=O) groups is 1. The molecule has 0 aliphatic heterocycles. The zero-order valence-corrected chi connectivity index (χ0v) is 14.5. The Kier molecular flexibility index (Phi) is 8.18. The fourth-order valence-corrected chi connectivity index (χ4v) is 2.65. The quantitative estimate of drug-likeness (QED) is 0.510. The molecule has 1 aromatic carbocycles. The molecule has 5 heteroatoms. The average Bonchev–Trinajstić information content (AvgIpc) is 2.62. The molecule has 1 aliphatic rings. The van der Waals surface area contributed by atoms with Crippen LogP contribution in [0.15, 0.2) is 35.9 Å². The number of benzene rings is 1. The third kappa shape index (κ3) is 7.04. The molecule has 2 N–H and O–H groups in total. The van der Waals surface area contributed by atoms with Gasteiger partial charge in [0.2, 0.25) is 5.91 Å². The highest BCUT2D eigenvalue weighted by Crippen LogP contribution is 2.19. The van der Waals surface area contributed by atoms with Crippen molar-refractivity contribution < 1.29 is 14.3 Å². The summed E-state index contributed by atoms with van der Waals surface area (Å²) in [6, 6.07) is 7.57. The number of hydrogen-bond donors (Lipinski definition) is 2. The van der Waals surface area contributed by atoms with Crippen molar-refractivity contribution >= 4 is 11.6 Å². The van der Waals surface area contributed by atoms with Crippen LogP contribution in [0.4, 0.5) is 5.69 Å². The van der Waals surface area contributed by atoms with E-state index in [-0.39, 0.29) is 12.5 Å². The molecule has 132 valence electrons. The Balaban J connectivity index is 1.61. The minimum atomic E-state index is 0.0202. The van der Waals surface area contributed by atoms with Crippen molar-refractivity contribution in [1.82, 2.24) is 5.32 Å². The van der Waals surface area contributed by atoms with Gasteiger partial charge in [-0.1, -0.05) is 11.6 Å². The van der Waals surface area contributed by atoms with Crippen LogP contribution in [0.1, 0.15) is 32.1 Å². The number of amides is 1. The maximum Gasteiger partial charge on any atom is 0.239 e. The lowest BCUT2D eigenvalue weighted by Gasteiger charge is -2.13. The number of methoxy groups -OCH3 is 1. The molecule has 0 bridgehead atoms. The lowest BCUT2D eigenvalue weighted by atomic mass is 9.97. The molecule has 0 aromatic heterocycles. The van der Waals surface area contributed by atoms with Crippen LogP contribution in [-0.2, 0) is 9.53 Å². The maximum absolute atomic E-state index is 11.9. The molecule has 0 unspecified atom stereocenters. The van der Waals surface area contributed by atoms with Crippen LogP contribution < -0.4 is 15.4 Å². The number of ether oxygens (including phenoxy) is 2. The van der Waals surface area contributed by atoms with Gasteiger partial charge in [-0.3, -0.25) is 4.79 Å². The highest BCUT2D eigenvalue weighted by molar-refractivity contribution is 5.80. The van der Waals surface area contributed by atoms with Crippen molar-refractivity contribution in [2.45, 2.75) is 32.1 Å². The molecular weight excluding hydrogens is 304 g/mol. The van der Waals surface area contributed by atoms with Crippen LogP contribution in [0.3, 0.4) is 0 Å². The average molecular weight is 332 g/mol. The van der Waals surface area contributed by atoms with E-state index >= 15 is 0 Å².